The summed E-state index contributed by atoms with van der Waals surface area (Å²) in [6, 6.07) is 16.1. The smallest absolute Gasteiger partial charge is 0.163 e. The van der Waals surface area contributed by atoms with E-state index in [1.54, 1.807) is 7.11 Å². The van der Waals surface area contributed by atoms with E-state index in [1.165, 1.54) is 11.1 Å². The van der Waals surface area contributed by atoms with Crippen molar-refractivity contribution in [1.29, 1.82) is 0 Å². The fourth-order valence-electron chi connectivity index (χ4n) is 2.82. The number of methoxy groups -OCH3 is 1. The molecule has 112 valence electrons. The summed E-state index contributed by atoms with van der Waals surface area (Å²) in [6.07, 6.45) is 0.984. The summed E-state index contributed by atoms with van der Waals surface area (Å²) in [6.45, 7) is 0.851. The molecular formula is C19H15N3O. The van der Waals surface area contributed by atoms with Gasteiger partial charge in [-0.1, -0.05) is 35.4 Å². The average Bonchev–Trinajstić information content (AvgIpc) is 3.04. The molecule has 1 aliphatic heterocycles. The van der Waals surface area contributed by atoms with Crippen LogP contribution in [0.15, 0.2) is 48.5 Å². The first-order valence-corrected chi connectivity index (χ1v) is 7.53. The van der Waals surface area contributed by atoms with Crippen molar-refractivity contribution >= 4 is 0 Å². The minimum absolute atomic E-state index is 0.730. The lowest BCUT2D eigenvalue weighted by molar-refractivity contribution is 0.415. The van der Waals surface area contributed by atoms with E-state index < -0.39 is 0 Å². The van der Waals surface area contributed by atoms with Gasteiger partial charge >= 0.3 is 0 Å². The van der Waals surface area contributed by atoms with Gasteiger partial charge in [-0.15, -0.1) is 5.10 Å². The highest BCUT2D eigenvalue weighted by atomic mass is 16.5. The Bertz CT molecular complexity index is 914. The topological polar surface area (TPSA) is 39.9 Å². The van der Waals surface area contributed by atoms with Crippen LogP contribution >= 0.6 is 0 Å². The SMILES string of the molecule is COc1ccc(C#Cc2nnn3c2-c2ccccc2CC3)cc1. The standard InChI is InChI=1S/C19H15N3O/c1-23-16-9-6-14(7-10-16)8-11-18-19-17-5-3-2-4-15(17)12-13-22(19)21-20-18/h2-7,9-10H,12-13H2,1H3. The molecule has 0 bridgehead atoms. The van der Waals surface area contributed by atoms with Gasteiger partial charge in [-0.25, -0.2) is 4.68 Å². The fraction of sp³-hybridized carbons (Fsp3) is 0.158. The molecule has 23 heavy (non-hydrogen) atoms. The van der Waals surface area contributed by atoms with E-state index in [4.69, 9.17) is 4.74 Å². The third kappa shape index (κ3) is 2.47. The van der Waals surface area contributed by atoms with Crippen molar-refractivity contribution < 1.29 is 4.74 Å². The number of hydrogen-bond donors (Lipinski definition) is 0. The molecule has 0 amide bonds. The molecular weight excluding hydrogens is 286 g/mol. The first-order valence-electron chi connectivity index (χ1n) is 7.53. The molecule has 0 N–H and O–H groups in total. The van der Waals surface area contributed by atoms with Gasteiger partial charge in [0, 0.05) is 17.7 Å². The normalized spacial score (nSPS) is 11.9. The van der Waals surface area contributed by atoms with E-state index in [0.717, 1.165) is 35.7 Å². The molecule has 0 aliphatic carbocycles. The first-order chi connectivity index (χ1) is 11.3. The Morgan fingerprint density at radius 3 is 2.70 bits per heavy atom. The quantitative estimate of drug-likeness (QED) is 0.649. The van der Waals surface area contributed by atoms with Crippen LogP contribution in [0, 0.1) is 11.8 Å². The lowest BCUT2D eigenvalue weighted by atomic mass is 9.97. The molecule has 0 radical (unpaired) electrons. The van der Waals surface area contributed by atoms with Crippen LogP contribution in [-0.2, 0) is 13.0 Å². The van der Waals surface area contributed by atoms with Crippen LogP contribution in [0.2, 0.25) is 0 Å². The molecule has 0 fully saturated rings. The second-order valence-electron chi connectivity index (χ2n) is 5.40. The van der Waals surface area contributed by atoms with Crippen molar-refractivity contribution in [2.45, 2.75) is 13.0 Å². The van der Waals surface area contributed by atoms with Gasteiger partial charge in [0.1, 0.15) is 11.4 Å². The zero-order chi connectivity index (χ0) is 15.6. The lowest BCUT2D eigenvalue weighted by Gasteiger charge is -2.16. The molecule has 1 aliphatic rings. The van der Waals surface area contributed by atoms with Crippen LogP contribution < -0.4 is 4.74 Å². The summed E-state index contributed by atoms with van der Waals surface area (Å²) in [5, 5.41) is 8.50. The maximum atomic E-state index is 5.16. The summed E-state index contributed by atoms with van der Waals surface area (Å²) in [7, 11) is 1.65. The Labute approximate surface area is 134 Å². The zero-order valence-electron chi connectivity index (χ0n) is 12.8. The second kappa shape index (κ2) is 5.62. The third-order valence-electron chi connectivity index (χ3n) is 4.02. The first kappa shape index (κ1) is 13.6. The summed E-state index contributed by atoms with van der Waals surface area (Å²) >= 11 is 0. The minimum atomic E-state index is 0.730. The Hall–Kier alpha value is -3.06. The van der Waals surface area contributed by atoms with Crippen molar-refractivity contribution in [3.63, 3.8) is 0 Å². The monoisotopic (exact) mass is 301 g/mol. The molecule has 4 nitrogen and oxygen atoms in total. The highest BCUT2D eigenvalue weighted by Gasteiger charge is 2.20. The molecule has 0 saturated heterocycles. The van der Waals surface area contributed by atoms with Crippen LogP contribution in [0.5, 0.6) is 5.75 Å². The van der Waals surface area contributed by atoms with Gasteiger partial charge in [0.15, 0.2) is 5.69 Å². The Balaban J connectivity index is 1.73. The minimum Gasteiger partial charge on any atom is -0.497 e. The molecule has 1 aromatic heterocycles. The highest BCUT2D eigenvalue weighted by molar-refractivity contribution is 5.70. The summed E-state index contributed by atoms with van der Waals surface area (Å²) in [5.74, 6) is 7.14. The summed E-state index contributed by atoms with van der Waals surface area (Å²) in [4.78, 5) is 0. The van der Waals surface area contributed by atoms with Crippen molar-refractivity contribution in [3.05, 3.63) is 65.4 Å². The van der Waals surface area contributed by atoms with Gasteiger partial charge in [-0.2, -0.15) is 0 Å². The number of hydrogen-bond acceptors (Lipinski definition) is 3. The molecule has 0 spiro atoms. The number of aromatic nitrogens is 3. The predicted molar refractivity (Wildman–Crippen MR) is 88.1 cm³/mol. The molecule has 4 heteroatoms. The van der Waals surface area contributed by atoms with Crippen molar-refractivity contribution in [3.8, 4) is 28.8 Å². The molecule has 0 saturated carbocycles. The van der Waals surface area contributed by atoms with Crippen LogP contribution in [0.1, 0.15) is 16.8 Å². The van der Waals surface area contributed by atoms with Crippen molar-refractivity contribution in [2.75, 3.05) is 7.11 Å². The average molecular weight is 301 g/mol. The van der Waals surface area contributed by atoms with E-state index >= 15 is 0 Å². The van der Waals surface area contributed by atoms with E-state index in [2.05, 4.69) is 40.4 Å². The van der Waals surface area contributed by atoms with E-state index in [-0.39, 0.29) is 0 Å². The Morgan fingerprint density at radius 1 is 1.04 bits per heavy atom. The van der Waals surface area contributed by atoms with Crippen molar-refractivity contribution in [1.82, 2.24) is 15.0 Å². The molecule has 3 aromatic rings. The number of rotatable bonds is 1. The van der Waals surface area contributed by atoms with Gasteiger partial charge in [0.2, 0.25) is 0 Å². The number of fused-ring (bicyclic) bond motifs is 3. The number of ether oxygens (including phenoxy) is 1. The summed E-state index contributed by atoms with van der Waals surface area (Å²) < 4.78 is 7.10. The largest absolute Gasteiger partial charge is 0.497 e. The van der Waals surface area contributed by atoms with Crippen molar-refractivity contribution in [2.24, 2.45) is 0 Å². The van der Waals surface area contributed by atoms with E-state index in [1.807, 2.05) is 35.0 Å². The van der Waals surface area contributed by atoms with Crippen LogP contribution in [0.25, 0.3) is 11.3 Å². The third-order valence-corrected chi connectivity index (χ3v) is 4.02. The summed E-state index contributed by atoms with van der Waals surface area (Å²) in [5.41, 5.74) is 5.19. The van der Waals surface area contributed by atoms with Crippen LogP contribution in [-0.4, -0.2) is 22.1 Å². The predicted octanol–water partition coefficient (Wildman–Crippen LogP) is 2.91. The molecule has 2 aromatic carbocycles. The number of aryl methyl sites for hydroxylation is 2. The molecule has 2 heterocycles. The second-order valence-corrected chi connectivity index (χ2v) is 5.40. The Morgan fingerprint density at radius 2 is 1.87 bits per heavy atom. The maximum Gasteiger partial charge on any atom is 0.163 e. The van der Waals surface area contributed by atoms with Gasteiger partial charge < -0.3 is 4.74 Å². The maximum absolute atomic E-state index is 5.16. The van der Waals surface area contributed by atoms with E-state index in [0.29, 0.717) is 0 Å². The number of benzene rings is 2. The van der Waals surface area contributed by atoms with Gasteiger partial charge in [-0.05, 0) is 42.2 Å². The van der Waals surface area contributed by atoms with Gasteiger partial charge in [0.25, 0.3) is 0 Å². The molecule has 0 atom stereocenters. The van der Waals surface area contributed by atoms with Crippen LogP contribution in [0.4, 0.5) is 0 Å². The molecule has 4 rings (SSSR count). The highest BCUT2D eigenvalue weighted by Crippen LogP contribution is 2.30. The van der Waals surface area contributed by atoms with Crippen LogP contribution in [0.3, 0.4) is 0 Å². The van der Waals surface area contributed by atoms with Gasteiger partial charge in [0.05, 0.1) is 7.11 Å². The molecule has 0 unspecified atom stereocenters. The fourth-order valence-corrected chi connectivity index (χ4v) is 2.82. The van der Waals surface area contributed by atoms with Gasteiger partial charge in [-0.3, -0.25) is 0 Å². The van der Waals surface area contributed by atoms with E-state index in [9.17, 15) is 0 Å². The number of nitrogens with zero attached hydrogens (tertiary/aromatic N) is 3. The lowest BCUT2D eigenvalue weighted by Crippen LogP contribution is -2.12. The zero-order valence-corrected chi connectivity index (χ0v) is 12.8. The Kier molecular flexibility index (Phi) is 3.32.